The summed E-state index contributed by atoms with van der Waals surface area (Å²) in [6.45, 7) is 5.41. The van der Waals surface area contributed by atoms with Crippen molar-refractivity contribution in [3.05, 3.63) is 29.8 Å². The quantitative estimate of drug-likeness (QED) is 0.769. The fraction of sp³-hybridized carbons (Fsp3) is 0.500. The Hall–Kier alpha value is -1.09. The summed E-state index contributed by atoms with van der Waals surface area (Å²) in [5, 5.41) is 0. The molecular weight excluding hydrogens is 251 g/mol. The maximum Gasteiger partial charge on any atom is 0.125 e. The molecule has 18 heavy (non-hydrogen) atoms. The summed E-state index contributed by atoms with van der Waals surface area (Å²) >= 11 is 5.94. The second-order valence-corrected chi connectivity index (χ2v) is 6.06. The van der Waals surface area contributed by atoms with E-state index in [0.29, 0.717) is 17.2 Å². The number of aromatic nitrogens is 2. The molecule has 3 rings (SSSR count). The highest BCUT2D eigenvalue weighted by Crippen LogP contribution is 2.52. The zero-order valence-corrected chi connectivity index (χ0v) is 11.3. The van der Waals surface area contributed by atoms with Crippen LogP contribution in [-0.2, 0) is 12.4 Å². The van der Waals surface area contributed by atoms with Crippen molar-refractivity contribution in [2.45, 2.75) is 32.7 Å². The van der Waals surface area contributed by atoms with Gasteiger partial charge in [-0.3, -0.25) is 0 Å². The lowest BCUT2D eigenvalue weighted by Crippen LogP contribution is -2.07. The van der Waals surface area contributed by atoms with Gasteiger partial charge in [0.2, 0.25) is 0 Å². The monoisotopic (exact) mass is 266 g/mol. The molecule has 0 N–H and O–H groups in total. The van der Waals surface area contributed by atoms with Crippen LogP contribution in [0.15, 0.2) is 18.2 Å². The van der Waals surface area contributed by atoms with Gasteiger partial charge in [-0.2, -0.15) is 0 Å². The normalized spacial score (nSPS) is 21.4. The molecule has 1 saturated carbocycles. The average Bonchev–Trinajstić information content (AvgIpc) is 2.78. The molecule has 1 aliphatic rings. The van der Waals surface area contributed by atoms with Crippen LogP contribution in [0.1, 0.15) is 26.1 Å². The van der Waals surface area contributed by atoms with Crippen molar-refractivity contribution < 1.29 is 4.39 Å². The van der Waals surface area contributed by atoms with Crippen LogP contribution < -0.4 is 0 Å². The zero-order valence-electron chi connectivity index (χ0n) is 10.6. The van der Waals surface area contributed by atoms with E-state index >= 15 is 0 Å². The van der Waals surface area contributed by atoms with Crippen molar-refractivity contribution in [1.82, 2.24) is 9.55 Å². The van der Waals surface area contributed by atoms with Gasteiger partial charge < -0.3 is 4.57 Å². The molecule has 0 spiro atoms. The summed E-state index contributed by atoms with van der Waals surface area (Å²) in [6, 6.07) is 4.71. The minimum Gasteiger partial charge on any atom is -0.327 e. The number of benzene rings is 1. The molecule has 2 aromatic rings. The van der Waals surface area contributed by atoms with E-state index in [2.05, 4.69) is 23.4 Å². The van der Waals surface area contributed by atoms with E-state index in [-0.39, 0.29) is 5.82 Å². The van der Waals surface area contributed by atoms with Crippen LogP contribution in [0.3, 0.4) is 0 Å². The van der Waals surface area contributed by atoms with E-state index in [1.165, 1.54) is 12.5 Å². The maximum atomic E-state index is 13.4. The van der Waals surface area contributed by atoms with Crippen LogP contribution in [0.25, 0.3) is 11.0 Å². The number of rotatable bonds is 3. The summed E-state index contributed by atoms with van der Waals surface area (Å²) < 4.78 is 15.4. The minimum absolute atomic E-state index is 0.222. The zero-order chi connectivity index (χ0) is 12.9. The van der Waals surface area contributed by atoms with Gasteiger partial charge in [0, 0.05) is 6.54 Å². The van der Waals surface area contributed by atoms with Crippen LogP contribution in [0.5, 0.6) is 0 Å². The van der Waals surface area contributed by atoms with Gasteiger partial charge in [0.25, 0.3) is 0 Å². The minimum atomic E-state index is -0.222. The number of halogens is 2. The molecule has 0 amide bonds. The van der Waals surface area contributed by atoms with E-state index in [9.17, 15) is 4.39 Å². The molecule has 1 atom stereocenters. The Kier molecular flexibility index (Phi) is 2.63. The SMILES string of the molecule is CC1(C)CC1Cn1c(CCl)nc2ccc(F)cc21. The Balaban J connectivity index is 2.05. The van der Waals surface area contributed by atoms with Crippen LogP contribution >= 0.6 is 11.6 Å². The third kappa shape index (κ3) is 1.91. The molecule has 4 heteroatoms. The highest BCUT2D eigenvalue weighted by molar-refractivity contribution is 6.16. The lowest BCUT2D eigenvalue weighted by molar-refractivity contribution is 0.498. The van der Waals surface area contributed by atoms with Gasteiger partial charge in [0.15, 0.2) is 0 Å². The molecular formula is C14H16ClFN2. The molecule has 1 aromatic carbocycles. The topological polar surface area (TPSA) is 17.8 Å². The third-order valence-corrected chi connectivity index (χ3v) is 4.27. The molecule has 0 saturated heterocycles. The number of nitrogens with zero attached hydrogens (tertiary/aromatic N) is 2. The molecule has 1 fully saturated rings. The molecule has 1 unspecified atom stereocenters. The summed E-state index contributed by atoms with van der Waals surface area (Å²) in [5.41, 5.74) is 2.08. The second kappa shape index (κ2) is 3.95. The molecule has 0 radical (unpaired) electrons. The van der Waals surface area contributed by atoms with Crippen LogP contribution in [0.2, 0.25) is 0 Å². The van der Waals surface area contributed by atoms with E-state index in [1.807, 2.05) is 0 Å². The van der Waals surface area contributed by atoms with Crippen molar-refractivity contribution in [1.29, 1.82) is 0 Å². The Morgan fingerprint density at radius 2 is 2.22 bits per heavy atom. The van der Waals surface area contributed by atoms with Crippen molar-refractivity contribution >= 4 is 22.6 Å². The molecule has 2 nitrogen and oxygen atoms in total. The first-order valence-electron chi connectivity index (χ1n) is 6.22. The Bertz CT molecular complexity index is 603. The number of alkyl halides is 1. The summed E-state index contributed by atoms with van der Waals surface area (Å²) in [6.07, 6.45) is 1.21. The predicted molar refractivity (Wildman–Crippen MR) is 71.1 cm³/mol. The summed E-state index contributed by atoms with van der Waals surface area (Å²) in [5.74, 6) is 1.61. The van der Waals surface area contributed by atoms with Gasteiger partial charge in [0.05, 0.1) is 16.9 Å². The molecule has 1 aromatic heterocycles. The van der Waals surface area contributed by atoms with Crippen LogP contribution in [0, 0.1) is 17.2 Å². The standard InChI is InChI=1S/C14H16ClFN2/c1-14(2)6-9(14)8-18-12-5-10(16)3-4-11(12)17-13(18)7-15/h3-5,9H,6-8H2,1-2H3. The first-order valence-corrected chi connectivity index (χ1v) is 6.75. The number of fused-ring (bicyclic) bond motifs is 1. The van der Waals surface area contributed by atoms with Gasteiger partial charge in [-0.1, -0.05) is 13.8 Å². The molecule has 0 bridgehead atoms. The Labute approximate surface area is 111 Å². The van der Waals surface area contributed by atoms with Crippen molar-refractivity contribution in [2.75, 3.05) is 0 Å². The summed E-state index contributed by atoms with van der Waals surface area (Å²) in [7, 11) is 0. The van der Waals surface area contributed by atoms with Gasteiger partial charge in [-0.05, 0) is 36.0 Å². The van der Waals surface area contributed by atoms with Crippen LogP contribution in [-0.4, -0.2) is 9.55 Å². The lowest BCUT2D eigenvalue weighted by atomic mass is 10.1. The van der Waals surface area contributed by atoms with E-state index in [4.69, 9.17) is 11.6 Å². The predicted octanol–water partition coefficient (Wildman–Crippen LogP) is 3.96. The van der Waals surface area contributed by atoms with Gasteiger partial charge in [0.1, 0.15) is 11.6 Å². The van der Waals surface area contributed by atoms with Gasteiger partial charge in [-0.25, -0.2) is 9.37 Å². The van der Waals surface area contributed by atoms with Gasteiger partial charge in [-0.15, -0.1) is 11.6 Å². The summed E-state index contributed by atoms with van der Waals surface area (Å²) in [4.78, 5) is 4.47. The average molecular weight is 267 g/mol. The Morgan fingerprint density at radius 3 is 2.83 bits per heavy atom. The molecule has 96 valence electrons. The van der Waals surface area contributed by atoms with Crippen molar-refractivity contribution in [2.24, 2.45) is 11.3 Å². The molecule has 0 aliphatic heterocycles. The van der Waals surface area contributed by atoms with Crippen LogP contribution in [0.4, 0.5) is 4.39 Å². The van der Waals surface area contributed by atoms with Gasteiger partial charge >= 0.3 is 0 Å². The maximum absolute atomic E-state index is 13.4. The third-order valence-electron chi connectivity index (χ3n) is 4.03. The van der Waals surface area contributed by atoms with E-state index in [1.54, 1.807) is 12.1 Å². The van der Waals surface area contributed by atoms with Crippen molar-refractivity contribution in [3.8, 4) is 0 Å². The fourth-order valence-corrected chi connectivity index (χ4v) is 2.76. The first kappa shape index (κ1) is 12.0. The smallest absolute Gasteiger partial charge is 0.125 e. The first-order chi connectivity index (χ1) is 8.51. The number of hydrogen-bond donors (Lipinski definition) is 0. The number of hydrogen-bond acceptors (Lipinski definition) is 1. The highest BCUT2D eigenvalue weighted by atomic mass is 35.5. The van der Waals surface area contributed by atoms with Crippen molar-refractivity contribution in [3.63, 3.8) is 0 Å². The highest BCUT2D eigenvalue weighted by Gasteiger charge is 2.45. The largest absolute Gasteiger partial charge is 0.327 e. The molecule has 1 heterocycles. The van der Waals surface area contributed by atoms with E-state index < -0.39 is 0 Å². The lowest BCUT2D eigenvalue weighted by Gasteiger charge is -2.09. The van der Waals surface area contributed by atoms with E-state index in [0.717, 1.165) is 23.4 Å². The Morgan fingerprint density at radius 1 is 1.50 bits per heavy atom. The number of imidazole rings is 1. The molecule has 1 aliphatic carbocycles. The fourth-order valence-electron chi connectivity index (χ4n) is 2.56. The second-order valence-electron chi connectivity index (χ2n) is 5.79.